The molecule has 0 saturated carbocycles. The van der Waals surface area contributed by atoms with Gasteiger partial charge in [0.2, 0.25) is 5.13 Å². The lowest BCUT2D eigenvalue weighted by Gasteiger charge is -2.05. The number of ether oxygens (including phenoxy) is 1. The third-order valence-electron chi connectivity index (χ3n) is 3.86. The molecule has 1 aromatic heterocycles. The molecule has 0 saturated heterocycles. The number of hydrogen-bond donors (Lipinski definition) is 1. The first-order valence-electron chi connectivity index (χ1n) is 8.88. The number of rotatable bonds is 9. The minimum Gasteiger partial charge on any atom is -0.494 e. The smallest absolute Gasteiger partial charge is 0.270 e. The van der Waals surface area contributed by atoms with Crippen molar-refractivity contribution in [2.24, 2.45) is 5.10 Å². The van der Waals surface area contributed by atoms with Crippen molar-refractivity contribution in [1.29, 1.82) is 0 Å². The van der Waals surface area contributed by atoms with Crippen molar-refractivity contribution < 1.29 is 9.66 Å². The fourth-order valence-corrected chi connectivity index (χ4v) is 3.09. The van der Waals surface area contributed by atoms with Gasteiger partial charge in [-0.2, -0.15) is 5.10 Å². The SMILES string of the molecule is CCCCOc1cccc(/C=N/Nc2nc(-c3cccc([N+](=O)[O-])c3)cs2)c1. The molecule has 28 heavy (non-hydrogen) atoms. The second-order valence-electron chi connectivity index (χ2n) is 5.99. The van der Waals surface area contributed by atoms with E-state index in [1.165, 1.54) is 23.5 Å². The van der Waals surface area contributed by atoms with E-state index in [4.69, 9.17) is 4.74 Å². The molecular weight excluding hydrogens is 376 g/mol. The third kappa shape index (κ3) is 5.37. The normalized spacial score (nSPS) is 10.9. The van der Waals surface area contributed by atoms with Gasteiger partial charge < -0.3 is 4.74 Å². The molecule has 144 valence electrons. The highest BCUT2D eigenvalue weighted by Gasteiger charge is 2.09. The Hall–Kier alpha value is -3.26. The van der Waals surface area contributed by atoms with Gasteiger partial charge in [0.05, 0.1) is 23.4 Å². The quantitative estimate of drug-likeness (QED) is 0.228. The number of nitrogens with one attached hydrogen (secondary N) is 1. The number of nitro benzene ring substituents is 1. The molecule has 0 aliphatic rings. The van der Waals surface area contributed by atoms with Crippen molar-refractivity contribution >= 4 is 28.4 Å². The number of unbranched alkanes of at least 4 members (excludes halogenated alkanes) is 1. The van der Waals surface area contributed by atoms with E-state index >= 15 is 0 Å². The molecule has 0 spiro atoms. The first-order chi connectivity index (χ1) is 13.7. The first-order valence-corrected chi connectivity index (χ1v) is 9.76. The molecular formula is C20H20N4O3S. The zero-order chi connectivity index (χ0) is 19.8. The van der Waals surface area contributed by atoms with E-state index in [9.17, 15) is 10.1 Å². The van der Waals surface area contributed by atoms with Crippen LogP contribution in [-0.4, -0.2) is 22.7 Å². The summed E-state index contributed by atoms with van der Waals surface area (Å²) in [5.41, 5.74) is 5.21. The number of thiazole rings is 1. The number of hydrazone groups is 1. The number of hydrogen-bond acceptors (Lipinski definition) is 7. The van der Waals surface area contributed by atoms with Crippen LogP contribution < -0.4 is 10.2 Å². The topological polar surface area (TPSA) is 89.7 Å². The molecule has 1 heterocycles. The zero-order valence-electron chi connectivity index (χ0n) is 15.4. The lowest BCUT2D eigenvalue weighted by Crippen LogP contribution is -1.97. The van der Waals surface area contributed by atoms with Crippen LogP contribution in [0, 0.1) is 10.1 Å². The lowest BCUT2D eigenvalue weighted by atomic mass is 10.1. The van der Waals surface area contributed by atoms with Gasteiger partial charge in [-0.15, -0.1) is 11.3 Å². The van der Waals surface area contributed by atoms with E-state index in [1.54, 1.807) is 18.3 Å². The number of benzene rings is 2. The average Bonchev–Trinajstić information content (AvgIpc) is 3.18. The van der Waals surface area contributed by atoms with Gasteiger partial charge in [0.25, 0.3) is 5.69 Å². The number of anilines is 1. The maximum Gasteiger partial charge on any atom is 0.270 e. The summed E-state index contributed by atoms with van der Waals surface area (Å²) in [5, 5.41) is 17.6. The van der Waals surface area contributed by atoms with Crippen molar-refractivity contribution in [3.05, 3.63) is 69.6 Å². The third-order valence-corrected chi connectivity index (χ3v) is 4.60. The molecule has 0 amide bonds. The van der Waals surface area contributed by atoms with Crippen molar-refractivity contribution in [3.8, 4) is 17.0 Å². The maximum atomic E-state index is 10.9. The van der Waals surface area contributed by atoms with Crippen LogP contribution in [0.5, 0.6) is 5.75 Å². The molecule has 2 aromatic carbocycles. The Morgan fingerprint density at radius 3 is 2.96 bits per heavy atom. The Bertz CT molecular complexity index is 971. The van der Waals surface area contributed by atoms with E-state index in [-0.39, 0.29) is 5.69 Å². The highest BCUT2D eigenvalue weighted by Crippen LogP contribution is 2.27. The molecule has 0 radical (unpaired) electrons. The summed E-state index contributed by atoms with van der Waals surface area (Å²) in [6.07, 6.45) is 3.81. The molecule has 0 bridgehead atoms. The standard InChI is InChI=1S/C20H20N4O3S/c1-2-3-10-27-18-9-4-6-15(11-18)13-21-23-20-22-19(14-28-20)16-7-5-8-17(12-16)24(25)26/h4-9,11-14H,2-3,10H2,1H3,(H,22,23)/b21-13+. The molecule has 7 nitrogen and oxygen atoms in total. The summed E-state index contributed by atoms with van der Waals surface area (Å²) in [4.78, 5) is 14.9. The summed E-state index contributed by atoms with van der Waals surface area (Å²) >= 11 is 1.38. The predicted molar refractivity (Wildman–Crippen MR) is 112 cm³/mol. The average molecular weight is 396 g/mol. The van der Waals surface area contributed by atoms with Crippen molar-refractivity contribution in [2.75, 3.05) is 12.0 Å². The number of aromatic nitrogens is 1. The Labute approximate surface area is 166 Å². The van der Waals surface area contributed by atoms with Crippen LogP contribution in [0.3, 0.4) is 0 Å². The number of non-ortho nitro benzene ring substituents is 1. The van der Waals surface area contributed by atoms with E-state index in [0.717, 1.165) is 24.2 Å². The lowest BCUT2D eigenvalue weighted by molar-refractivity contribution is -0.384. The molecule has 0 aliphatic carbocycles. The van der Waals surface area contributed by atoms with Gasteiger partial charge in [0.1, 0.15) is 5.75 Å². The summed E-state index contributed by atoms with van der Waals surface area (Å²) in [7, 11) is 0. The highest BCUT2D eigenvalue weighted by atomic mass is 32.1. The largest absolute Gasteiger partial charge is 0.494 e. The number of nitro groups is 1. The molecule has 8 heteroatoms. The van der Waals surface area contributed by atoms with Crippen molar-refractivity contribution in [1.82, 2.24) is 4.98 Å². The Morgan fingerprint density at radius 2 is 2.14 bits per heavy atom. The van der Waals surface area contributed by atoms with Crippen LogP contribution in [0.2, 0.25) is 0 Å². The van der Waals surface area contributed by atoms with Crippen LogP contribution in [0.15, 0.2) is 59.0 Å². The van der Waals surface area contributed by atoms with Gasteiger partial charge in [0.15, 0.2) is 0 Å². The van der Waals surface area contributed by atoms with E-state index in [2.05, 4.69) is 22.4 Å². The molecule has 3 rings (SSSR count). The van der Waals surface area contributed by atoms with Crippen LogP contribution in [0.1, 0.15) is 25.3 Å². The van der Waals surface area contributed by atoms with E-state index < -0.39 is 4.92 Å². The minimum absolute atomic E-state index is 0.0408. The Morgan fingerprint density at radius 1 is 1.29 bits per heavy atom. The van der Waals surface area contributed by atoms with E-state index in [1.807, 2.05) is 29.6 Å². The van der Waals surface area contributed by atoms with Gasteiger partial charge in [-0.1, -0.05) is 37.6 Å². The summed E-state index contributed by atoms with van der Waals surface area (Å²) in [6.45, 7) is 2.83. The number of nitrogens with zero attached hydrogens (tertiary/aromatic N) is 3. The van der Waals surface area contributed by atoms with Gasteiger partial charge in [-0.25, -0.2) is 4.98 Å². The van der Waals surface area contributed by atoms with E-state index in [0.29, 0.717) is 23.0 Å². The fourth-order valence-electron chi connectivity index (χ4n) is 2.42. The molecule has 1 N–H and O–H groups in total. The van der Waals surface area contributed by atoms with Crippen molar-refractivity contribution in [3.63, 3.8) is 0 Å². The second-order valence-corrected chi connectivity index (χ2v) is 6.85. The van der Waals surface area contributed by atoms with Crippen LogP contribution >= 0.6 is 11.3 Å². The van der Waals surface area contributed by atoms with Gasteiger partial charge in [0, 0.05) is 23.1 Å². The molecule has 0 aliphatic heterocycles. The van der Waals surface area contributed by atoms with Crippen LogP contribution in [-0.2, 0) is 0 Å². The summed E-state index contributed by atoms with van der Waals surface area (Å²) in [5.74, 6) is 0.819. The fraction of sp³-hybridized carbons (Fsp3) is 0.200. The van der Waals surface area contributed by atoms with Crippen molar-refractivity contribution in [2.45, 2.75) is 19.8 Å². The second kappa shape index (κ2) is 9.61. The van der Waals surface area contributed by atoms with Crippen LogP contribution in [0.4, 0.5) is 10.8 Å². The predicted octanol–water partition coefficient (Wildman–Crippen LogP) is 5.34. The minimum atomic E-state index is -0.417. The molecule has 3 aromatic rings. The van der Waals surface area contributed by atoms with Gasteiger partial charge in [-0.3, -0.25) is 15.5 Å². The zero-order valence-corrected chi connectivity index (χ0v) is 16.2. The Kier molecular flexibility index (Phi) is 6.69. The first kappa shape index (κ1) is 19.5. The molecule has 0 fully saturated rings. The van der Waals surface area contributed by atoms with Crippen LogP contribution in [0.25, 0.3) is 11.3 Å². The molecule has 0 atom stereocenters. The highest BCUT2D eigenvalue weighted by molar-refractivity contribution is 7.14. The Balaban J connectivity index is 1.62. The summed E-state index contributed by atoms with van der Waals surface area (Å²) < 4.78 is 5.69. The van der Waals surface area contributed by atoms with Gasteiger partial charge in [-0.05, 0) is 24.1 Å². The van der Waals surface area contributed by atoms with Gasteiger partial charge >= 0.3 is 0 Å². The molecule has 0 unspecified atom stereocenters. The monoisotopic (exact) mass is 396 g/mol. The summed E-state index contributed by atoms with van der Waals surface area (Å²) in [6, 6.07) is 14.1. The maximum absolute atomic E-state index is 10.9.